The van der Waals surface area contributed by atoms with E-state index in [0.717, 1.165) is 25.5 Å². The SMILES string of the molecule is Cn1ccnc1C1CNCCN1Cc1ccc(Cl)cc1[N+](=O)[O-]. The van der Waals surface area contributed by atoms with Gasteiger partial charge in [-0.05, 0) is 12.1 Å². The topological polar surface area (TPSA) is 76.2 Å². The van der Waals surface area contributed by atoms with Crippen LogP contribution in [0.1, 0.15) is 17.4 Å². The fraction of sp³-hybridized carbons (Fsp3) is 0.400. The summed E-state index contributed by atoms with van der Waals surface area (Å²) in [5, 5.41) is 15.0. The number of nitrogens with one attached hydrogen (secondary N) is 1. The molecule has 3 rings (SSSR count). The number of piperazine rings is 1. The molecule has 2 heterocycles. The number of halogens is 1. The minimum Gasteiger partial charge on any atom is -0.337 e. The Balaban J connectivity index is 1.88. The zero-order chi connectivity index (χ0) is 16.4. The molecule has 1 saturated heterocycles. The van der Waals surface area contributed by atoms with Crippen LogP contribution >= 0.6 is 11.6 Å². The summed E-state index contributed by atoms with van der Waals surface area (Å²) in [6.45, 7) is 2.92. The molecule has 1 aliphatic heterocycles. The zero-order valence-electron chi connectivity index (χ0n) is 12.8. The summed E-state index contributed by atoms with van der Waals surface area (Å²) in [6.07, 6.45) is 3.68. The summed E-state index contributed by atoms with van der Waals surface area (Å²) >= 11 is 5.89. The molecule has 23 heavy (non-hydrogen) atoms. The maximum atomic E-state index is 11.3. The normalized spacial score (nSPS) is 19.0. The van der Waals surface area contributed by atoms with Crippen LogP contribution in [0.4, 0.5) is 5.69 Å². The number of nitrogens with zero attached hydrogens (tertiary/aromatic N) is 4. The van der Waals surface area contributed by atoms with E-state index in [2.05, 4.69) is 15.2 Å². The van der Waals surface area contributed by atoms with Gasteiger partial charge in [0.25, 0.3) is 5.69 Å². The van der Waals surface area contributed by atoms with Crippen molar-refractivity contribution in [3.63, 3.8) is 0 Å². The van der Waals surface area contributed by atoms with Gasteiger partial charge in [0.05, 0.1) is 11.0 Å². The number of benzene rings is 1. The Kier molecular flexibility index (Phi) is 4.61. The van der Waals surface area contributed by atoms with E-state index in [1.54, 1.807) is 18.3 Å². The van der Waals surface area contributed by atoms with Gasteiger partial charge in [0.1, 0.15) is 5.82 Å². The van der Waals surface area contributed by atoms with Crippen molar-refractivity contribution in [2.45, 2.75) is 12.6 Å². The predicted molar refractivity (Wildman–Crippen MR) is 87.3 cm³/mol. The zero-order valence-corrected chi connectivity index (χ0v) is 13.5. The van der Waals surface area contributed by atoms with Gasteiger partial charge in [-0.25, -0.2) is 4.98 Å². The molecule has 0 amide bonds. The number of aryl methyl sites for hydroxylation is 1. The Bertz CT molecular complexity index is 718. The van der Waals surface area contributed by atoms with Crippen molar-refractivity contribution in [3.8, 4) is 0 Å². The first kappa shape index (κ1) is 15.9. The summed E-state index contributed by atoms with van der Waals surface area (Å²) in [6, 6.07) is 4.92. The standard InChI is InChI=1S/C15H18ClN5O2/c1-19-6-5-18-15(19)14-9-17-4-7-20(14)10-11-2-3-12(16)8-13(11)21(22)23/h2-3,5-6,8,14,17H,4,7,9-10H2,1H3. The third-order valence-electron chi connectivity index (χ3n) is 4.13. The number of rotatable bonds is 4. The molecular weight excluding hydrogens is 318 g/mol. The molecule has 1 aromatic carbocycles. The molecule has 0 aliphatic carbocycles. The molecule has 2 aromatic rings. The number of nitro benzene ring substituents is 1. The molecular formula is C15H18ClN5O2. The molecule has 122 valence electrons. The lowest BCUT2D eigenvalue weighted by Gasteiger charge is -2.35. The molecule has 8 heteroatoms. The smallest absolute Gasteiger partial charge is 0.275 e. The fourth-order valence-corrected chi connectivity index (χ4v) is 3.11. The second-order valence-corrected chi connectivity index (χ2v) is 6.05. The second-order valence-electron chi connectivity index (χ2n) is 5.62. The van der Waals surface area contributed by atoms with E-state index >= 15 is 0 Å². The van der Waals surface area contributed by atoms with Gasteiger partial charge in [0, 0.05) is 62.3 Å². The monoisotopic (exact) mass is 335 g/mol. The van der Waals surface area contributed by atoms with E-state index in [1.165, 1.54) is 6.07 Å². The van der Waals surface area contributed by atoms with Crippen LogP contribution in [0.5, 0.6) is 0 Å². The molecule has 0 spiro atoms. The van der Waals surface area contributed by atoms with Crippen molar-refractivity contribution in [2.24, 2.45) is 7.05 Å². The largest absolute Gasteiger partial charge is 0.337 e. The van der Waals surface area contributed by atoms with Crippen LogP contribution in [0.3, 0.4) is 0 Å². The fourth-order valence-electron chi connectivity index (χ4n) is 2.95. The summed E-state index contributed by atoms with van der Waals surface area (Å²) in [4.78, 5) is 17.6. The van der Waals surface area contributed by atoms with Crippen molar-refractivity contribution in [2.75, 3.05) is 19.6 Å². The average Bonchev–Trinajstić information content (AvgIpc) is 2.95. The minimum atomic E-state index is -0.376. The molecule has 0 bridgehead atoms. The summed E-state index contributed by atoms with van der Waals surface area (Å²) in [5.74, 6) is 0.953. The molecule has 0 radical (unpaired) electrons. The number of imidazole rings is 1. The lowest BCUT2D eigenvalue weighted by Crippen LogP contribution is -2.46. The highest BCUT2D eigenvalue weighted by atomic mass is 35.5. The molecule has 1 atom stereocenters. The maximum Gasteiger partial charge on any atom is 0.275 e. The molecule has 0 saturated carbocycles. The Labute approximate surface area is 139 Å². The van der Waals surface area contributed by atoms with E-state index < -0.39 is 0 Å². The second kappa shape index (κ2) is 6.66. The van der Waals surface area contributed by atoms with Gasteiger partial charge in [-0.15, -0.1) is 0 Å². The quantitative estimate of drug-likeness (QED) is 0.684. The highest BCUT2D eigenvalue weighted by molar-refractivity contribution is 6.30. The Hall–Kier alpha value is -1.96. The summed E-state index contributed by atoms with van der Waals surface area (Å²) in [5.41, 5.74) is 0.732. The Morgan fingerprint density at radius 2 is 2.35 bits per heavy atom. The summed E-state index contributed by atoms with van der Waals surface area (Å²) < 4.78 is 1.99. The van der Waals surface area contributed by atoms with Crippen LogP contribution in [-0.2, 0) is 13.6 Å². The van der Waals surface area contributed by atoms with Gasteiger partial charge in [-0.2, -0.15) is 0 Å². The van der Waals surface area contributed by atoms with E-state index in [-0.39, 0.29) is 16.7 Å². The Morgan fingerprint density at radius 1 is 1.52 bits per heavy atom. The first-order chi connectivity index (χ1) is 11.1. The number of hydrogen-bond donors (Lipinski definition) is 1. The molecule has 7 nitrogen and oxygen atoms in total. The van der Waals surface area contributed by atoms with Crippen LogP contribution in [0.25, 0.3) is 0 Å². The molecule has 1 aliphatic rings. The van der Waals surface area contributed by atoms with Gasteiger partial charge in [0.2, 0.25) is 0 Å². The van der Waals surface area contributed by atoms with E-state index in [0.29, 0.717) is 17.1 Å². The highest BCUT2D eigenvalue weighted by Crippen LogP contribution is 2.28. The van der Waals surface area contributed by atoms with Crippen LogP contribution in [0.2, 0.25) is 5.02 Å². The molecule has 1 unspecified atom stereocenters. The number of hydrogen-bond acceptors (Lipinski definition) is 5. The first-order valence-electron chi connectivity index (χ1n) is 7.41. The van der Waals surface area contributed by atoms with Crippen molar-refractivity contribution in [3.05, 3.63) is 57.1 Å². The highest BCUT2D eigenvalue weighted by Gasteiger charge is 2.28. The van der Waals surface area contributed by atoms with Crippen molar-refractivity contribution < 1.29 is 4.92 Å². The summed E-state index contributed by atoms with van der Waals surface area (Å²) in [7, 11) is 1.96. The van der Waals surface area contributed by atoms with E-state index in [1.807, 2.05) is 17.8 Å². The van der Waals surface area contributed by atoms with Crippen molar-refractivity contribution in [1.29, 1.82) is 0 Å². The number of nitro groups is 1. The van der Waals surface area contributed by atoms with Crippen LogP contribution in [0, 0.1) is 10.1 Å². The number of aromatic nitrogens is 2. The first-order valence-corrected chi connectivity index (χ1v) is 7.79. The van der Waals surface area contributed by atoms with Crippen LogP contribution < -0.4 is 5.32 Å². The molecule has 1 aromatic heterocycles. The lowest BCUT2D eigenvalue weighted by atomic mass is 10.1. The van der Waals surface area contributed by atoms with Gasteiger partial charge in [0.15, 0.2) is 0 Å². The predicted octanol–water partition coefficient (Wildman–Crippen LogP) is 2.13. The maximum absolute atomic E-state index is 11.3. The van der Waals surface area contributed by atoms with Crippen molar-refractivity contribution >= 4 is 17.3 Å². The van der Waals surface area contributed by atoms with Crippen molar-refractivity contribution in [1.82, 2.24) is 19.8 Å². The molecule has 1 fully saturated rings. The van der Waals surface area contributed by atoms with Crippen LogP contribution in [-0.4, -0.2) is 39.0 Å². The van der Waals surface area contributed by atoms with Gasteiger partial charge >= 0.3 is 0 Å². The van der Waals surface area contributed by atoms with E-state index in [4.69, 9.17) is 11.6 Å². The van der Waals surface area contributed by atoms with Gasteiger partial charge in [-0.1, -0.05) is 11.6 Å². The third kappa shape index (κ3) is 3.36. The average molecular weight is 336 g/mol. The third-order valence-corrected chi connectivity index (χ3v) is 4.36. The minimum absolute atomic E-state index is 0.0645. The molecule has 1 N–H and O–H groups in total. The Morgan fingerprint density at radius 3 is 3.04 bits per heavy atom. The van der Waals surface area contributed by atoms with E-state index in [9.17, 15) is 10.1 Å². The van der Waals surface area contributed by atoms with Crippen LogP contribution in [0.15, 0.2) is 30.6 Å². The van der Waals surface area contributed by atoms with Gasteiger partial charge in [-0.3, -0.25) is 15.0 Å². The van der Waals surface area contributed by atoms with Gasteiger partial charge < -0.3 is 9.88 Å². The lowest BCUT2D eigenvalue weighted by molar-refractivity contribution is -0.385.